The van der Waals surface area contributed by atoms with Crippen molar-refractivity contribution in [3.05, 3.63) is 0 Å². The molecule has 14 heavy (non-hydrogen) atoms. The molecule has 0 unspecified atom stereocenters. The molecule has 0 bridgehead atoms. The van der Waals surface area contributed by atoms with Gasteiger partial charge in [0.25, 0.3) is 0 Å². The van der Waals surface area contributed by atoms with Gasteiger partial charge < -0.3 is 24.5 Å². The van der Waals surface area contributed by atoms with E-state index in [0.29, 0.717) is 0 Å². The van der Waals surface area contributed by atoms with Crippen LogP contribution in [-0.4, -0.2) is 24.5 Å². The molecule has 0 rings (SSSR count). The van der Waals surface area contributed by atoms with E-state index in [4.69, 9.17) is 24.5 Å². The van der Waals surface area contributed by atoms with E-state index in [1.807, 2.05) is 0 Å². The van der Waals surface area contributed by atoms with Gasteiger partial charge in [0.2, 0.25) is 0 Å². The zero-order chi connectivity index (χ0) is 10.9. The Bertz CT molecular complexity index is 277. The summed E-state index contributed by atoms with van der Waals surface area (Å²) < 4.78 is 36.4. The molecule has 5 N–H and O–H groups in total. The molecule has 88 valence electrons. The molecular weight excluding hydrogens is 285 g/mol. The monoisotopic (exact) mass is 292 g/mol. The summed E-state index contributed by atoms with van der Waals surface area (Å²) >= 11 is 0. The van der Waals surface area contributed by atoms with Crippen molar-refractivity contribution in [2.24, 2.45) is 0 Å². The smallest absolute Gasteiger partial charge is 0.302 e. The second-order valence-corrected chi connectivity index (χ2v) is 5.82. The highest BCUT2D eigenvalue weighted by Gasteiger charge is 2.38. The van der Waals surface area contributed by atoms with E-state index in [9.17, 15) is 13.7 Å². The Kier molecular flexibility index (Phi) is 6.37. The number of hydrogen-bond donors (Lipinski definition) is 5. The van der Waals surface area contributed by atoms with Crippen molar-refractivity contribution >= 4 is 37.0 Å². The first kappa shape index (κ1) is 17.2. The Hall–Kier alpha value is 0.760. The maximum atomic E-state index is 10.4. The van der Waals surface area contributed by atoms with Crippen LogP contribution in [0.1, 0.15) is 0 Å². The highest BCUT2D eigenvalue weighted by atomic mass is 32.1. The molecule has 0 aromatic carbocycles. The van der Waals surface area contributed by atoms with Gasteiger partial charge in [-0.1, -0.05) is 0 Å². The van der Waals surface area contributed by atoms with Crippen LogP contribution in [0, 0.1) is 0 Å². The third-order valence-electron chi connectivity index (χ3n) is 0.419. The Labute approximate surface area is 84.4 Å². The average molecular weight is 292 g/mol. The molecule has 0 aliphatic heterocycles. The molecule has 0 aliphatic carbocycles. The summed E-state index contributed by atoms with van der Waals surface area (Å²) in [4.78, 5) is 40.2. The maximum absolute atomic E-state index is 10.4. The molecule has 0 saturated carbocycles. The molecule has 0 atom stereocenters. The summed E-state index contributed by atoms with van der Waals surface area (Å²) in [6, 6.07) is 0. The second kappa shape index (κ2) is 5.20. The van der Waals surface area contributed by atoms with Crippen LogP contribution in [0.4, 0.5) is 0 Å². The maximum Gasteiger partial charge on any atom is 0.490 e. The van der Waals surface area contributed by atoms with Crippen LogP contribution in [0.5, 0.6) is 0 Å². The van der Waals surface area contributed by atoms with Gasteiger partial charge >= 0.3 is 23.5 Å². The molecule has 14 heteroatoms. The van der Waals surface area contributed by atoms with E-state index in [1.54, 1.807) is 0 Å². The zero-order valence-corrected chi connectivity index (χ0v) is 9.80. The van der Waals surface area contributed by atoms with Crippen LogP contribution in [-0.2, 0) is 22.3 Å². The van der Waals surface area contributed by atoms with Gasteiger partial charge in [-0.2, -0.15) is 22.1 Å². The summed E-state index contributed by atoms with van der Waals surface area (Å²) in [6.45, 7) is 0. The molecular formula is H7O10P3S. The Balaban J connectivity index is 0. The minimum absolute atomic E-state index is 0. The first-order valence-electron chi connectivity index (χ1n) is 2.28. The zero-order valence-electron chi connectivity index (χ0n) is 6.12. The number of rotatable bonds is 4. The third kappa shape index (κ3) is 10.8. The van der Waals surface area contributed by atoms with Crippen LogP contribution in [0.2, 0.25) is 0 Å². The van der Waals surface area contributed by atoms with E-state index in [1.165, 1.54) is 0 Å². The van der Waals surface area contributed by atoms with Crippen LogP contribution >= 0.6 is 37.0 Å². The number of hydrogen-bond acceptors (Lipinski definition) is 5. The summed E-state index contributed by atoms with van der Waals surface area (Å²) in [5.41, 5.74) is 0. The summed E-state index contributed by atoms with van der Waals surface area (Å²) in [6.07, 6.45) is 0. The quantitative estimate of drug-likeness (QED) is 0.422. The lowest BCUT2D eigenvalue weighted by molar-refractivity contribution is 0.204. The fourth-order valence-electron chi connectivity index (χ4n) is 0.284. The molecule has 0 spiro atoms. The van der Waals surface area contributed by atoms with Gasteiger partial charge in [0.05, 0.1) is 0 Å². The van der Waals surface area contributed by atoms with E-state index in [2.05, 4.69) is 8.62 Å². The highest BCUT2D eigenvalue weighted by molar-refractivity contribution is 7.66. The van der Waals surface area contributed by atoms with Crippen LogP contribution < -0.4 is 0 Å². The molecule has 0 heterocycles. The average Bonchev–Trinajstić information content (AvgIpc) is 1.43. The lowest BCUT2D eigenvalue weighted by Gasteiger charge is -2.11. The molecule has 10 nitrogen and oxygen atoms in total. The van der Waals surface area contributed by atoms with E-state index in [0.717, 1.165) is 0 Å². The summed E-state index contributed by atoms with van der Waals surface area (Å²) in [7, 11) is -16.2. The molecule has 0 aliphatic rings. The van der Waals surface area contributed by atoms with Crippen LogP contribution in [0.3, 0.4) is 0 Å². The Morgan fingerprint density at radius 1 is 0.714 bits per heavy atom. The molecule has 0 amide bonds. The number of phosphoric acid groups is 3. The lowest BCUT2D eigenvalue weighted by Crippen LogP contribution is -1.91. The third-order valence-corrected chi connectivity index (χ3v) is 3.77. The minimum atomic E-state index is -5.46. The standard InChI is InChI=1S/H5O10P3.H2S/c1-11(2,3)9-13(7,8)10-12(4,5)6;/h(H,7,8)(H2,1,2,3)(H2,4,5,6);1H2. The van der Waals surface area contributed by atoms with Crippen LogP contribution in [0.25, 0.3) is 0 Å². The fourth-order valence-corrected chi connectivity index (χ4v) is 2.82. The topological polar surface area (TPSA) is 171 Å². The largest absolute Gasteiger partial charge is 0.490 e. The van der Waals surface area contributed by atoms with Gasteiger partial charge in [-0.25, -0.2) is 13.7 Å². The predicted molar refractivity (Wildman–Crippen MR) is 46.5 cm³/mol. The van der Waals surface area contributed by atoms with Crippen molar-refractivity contribution in [1.82, 2.24) is 0 Å². The van der Waals surface area contributed by atoms with E-state index in [-0.39, 0.29) is 13.5 Å². The van der Waals surface area contributed by atoms with Gasteiger partial charge in [0.15, 0.2) is 0 Å². The van der Waals surface area contributed by atoms with Crippen LogP contribution in [0.15, 0.2) is 0 Å². The Morgan fingerprint density at radius 3 is 1.07 bits per heavy atom. The van der Waals surface area contributed by atoms with Gasteiger partial charge in [-0.05, 0) is 0 Å². The SMILES string of the molecule is O=P(O)(O)OP(=O)(O)OP(=O)(O)O.S. The van der Waals surface area contributed by atoms with Crippen molar-refractivity contribution < 1.29 is 46.8 Å². The molecule has 0 aromatic heterocycles. The Morgan fingerprint density at radius 2 is 0.929 bits per heavy atom. The van der Waals surface area contributed by atoms with Crippen molar-refractivity contribution in [2.75, 3.05) is 0 Å². The highest BCUT2D eigenvalue weighted by Crippen LogP contribution is 2.64. The molecule has 0 saturated heterocycles. The van der Waals surface area contributed by atoms with Crippen molar-refractivity contribution in [3.63, 3.8) is 0 Å². The predicted octanol–water partition coefficient (Wildman–Crippen LogP) is -0.582. The van der Waals surface area contributed by atoms with E-state index >= 15 is 0 Å². The van der Waals surface area contributed by atoms with E-state index < -0.39 is 23.5 Å². The molecule has 0 radical (unpaired) electrons. The summed E-state index contributed by atoms with van der Waals surface area (Å²) in [5, 5.41) is 0. The summed E-state index contributed by atoms with van der Waals surface area (Å²) in [5.74, 6) is 0. The first-order chi connectivity index (χ1) is 5.41. The second-order valence-electron chi connectivity index (χ2n) is 1.61. The molecule has 0 aromatic rings. The van der Waals surface area contributed by atoms with Gasteiger partial charge in [0.1, 0.15) is 0 Å². The normalized spacial score (nSPS) is 13.5. The van der Waals surface area contributed by atoms with Gasteiger partial charge in [0, 0.05) is 0 Å². The van der Waals surface area contributed by atoms with Crippen molar-refractivity contribution in [1.29, 1.82) is 0 Å². The fraction of sp³-hybridized carbons (Fsp3) is 0. The van der Waals surface area contributed by atoms with Crippen molar-refractivity contribution in [2.45, 2.75) is 0 Å². The first-order valence-corrected chi connectivity index (χ1v) is 6.83. The minimum Gasteiger partial charge on any atom is -0.302 e. The van der Waals surface area contributed by atoms with Gasteiger partial charge in [-0.15, -0.1) is 0 Å². The molecule has 0 fully saturated rings. The van der Waals surface area contributed by atoms with Gasteiger partial charge in [-0.3, -0.25) is 0 Å². The lowest BCUT2D eigenvalue weighted by atomic mass is 15.7. The van der Waals surface area contributed by atoms with Crippen molar-refractivity contribution in [3.8, 4) is 0 Å².